The highest BCUT2D eigenvalue weighted by molar-refractivity contribution is 6.03. The van der Waals surface area contributed by atoms with Gasteiger partial charge in [-0.1, -0.05) is 32.9 Å². The van der Waals surface area contributed by atoms with E-state index >= 15 is 0 Å². The summed E-state index contributed by atoms with van der Waals surface area (Å²) >= 11 is 0. The molecule has 5 rings (SSSR count). The molecule has 0 atom stereocenters. The van der Waals surface area contributed by atoms with E-state index in [0.29, 0.717) is 36.9 Å². The van der Waals surface area contributed by atoms with Crippen LogP contribution in [0.1, 0.15) is 79.6 Å². The van der Waals surface area contributed by atoms with Gasteiger partial charge in [0, 0.05) is 36.7 Å². The molecule has 38 heavy (non-hydrogen) atoms. The molecule has 0 radical (unpaired) electrons. The van der Waals surface area contributed by atoms with Crippen LogP contribution in [0.15, 0.2) is 36.7 Å². The standard InChI is InChI=1S/C29H35N7O2/c1-5-11-31-16-20-12-23(34-25-24(20)38-17-28(25,2)3)26(37)33-22-8-6-7-21(13-22)29(14-19(15-29)9-10-30)27-35-32-18-36(27)4/h6-8,12-13,18-19,31H,5,9,11,14-17H2,1-4H3,(H,33,37). The average Bonchev–Trinajstić information content (AvgIpc) is 3.44. The molecular formula is C29H35N7O2. The van der Waals surface area contributed by atoms with E-state index in [-0.39, 0.29) is 16.7 Å². The van der Waals surface area contributed by atoms with Crippen LogP contribution in [0.2, 0.25) is 0 Å². The molecular weight excluding hydrogens is 478 g/mol. The van der Waals surface area contributed by atoms with Crippen molar-refractivity contribution in [3.63, 3.8) is 0 Å². The first-order chi connectivity index (χ1) is 18.3. The molecule has 2 aromatic heterocycles. The number of hydrogen-bond donors (Lipinski definition) is 2. The van der Waals surface area contributed by atoms with E-state index in [1.54, 1.807) is 6.33 Å². The van der Waals surface area contributed by atoms with Crippen LogP contribution in [-0.4, -0.2) is 38.8 Å². The Morgan fingerprint density at radius 3 is 2.82 bits per heavy atom. The predicted octanol–water partition coefficient (Wildman–Crippen LogP) is 4.24. The van der Waals surface area contributed by atoms with Gasteiger partial charge in [-0.05, 0) is 55.5 Å². The van der Waals surface area contributed by atoms with Crippen LogP contribution >= 0.6 is 0 Å². The zero-order chi connectivity index (χ0) is 26.9. The Morgan fingerprint density at radius 1 is 1.29 bits per heavy atom. The van der Waals surface area contributed by atoms with Crippen LogP contribution in [-0.2, 0) is 24.4 Å². The van der Waals surface area contributed by atoms with Crippen LogP contribution < -0.4 is 15.4 Å². The first-order valence-corrected chi connectivity index (χ1v) is 13.3. The molecule has 0 bridgehead atoms. The quantitative estimate of drug-likeness (QED) is 0.411. The molecule has 2 aliphatic rings. The van der Waals surface area contributed by atoms with Crippen molar-refractivity contribution in [1.82, 2.24) is 25.1 Å². The van der Waals surface area contributed by atoms with Gasteiger partial charge in [-0.2, -0.15) is 5.26 Å². The van der Waals surface area contributed by atoms with E-state index in [1.165, 1.54) is 0 Å². The van der Waals surface area contributed by atoms with Gasteiger partial charge in [0.15, 0.2) is 0 Å². The van der Waals surface area contributed by atoms with Gasteiger partial charge in [-0.25, -0.2) is 4.98 Å². The van der Waals surface area contributed by atoms with E-state index in [0.717, 1.165) is 54.2 Å². The molecule has 1 amide bonds. The second kappa shape index (κ2) is 10.2. The Balaban J connectivity index is 1.43. The molecule has 9 heteroatoms. The van der Waals surface area contributed by atoms with Gasteiger partial charge in [0.25, 0.3) is 5.91 Å². The topological polar surface area (TPSA) is 118 Å². The second-order valence-electron chi connectivity index (χ2n) is 11.2. The third kappa shape index (κ3) is 4.65. The first-order valence-electron chi connectivity index (χ1n) is 13.3. The van der Waals surface area contributed by atoms with Crippen LogP contribution in [0.3, 0.4) is 0 Å². The number of hydrogen-bond acceptors (Lipinski definition) is 7. The third-order valence-corrected chi connectivity index (χ3v) is 7.71. The number of amides is 1. The fourth-order valence-corrected chi connectivity index (χ4v) is 5.73. The van der Waals surface area contributed by atoms with Gasteiger partial charge in [0.05, 0.1) is 23.8 Å². The van der Waals surface area contributed by atoms with Gasteiger partial charge >= 0.3 is 0 Å². The number of nitriles is 1. The fourth-order valence-electron chi connectivity index (χ4n) is 5.73. The highest BCUT2D eigenvalue weighted by Gasteiger charge is 2.49. The van der Waals surface area contributed by atoms with E-state index < -0.39 is 0 Å². The number of aryl methyl sites for hydroxylation is 1. The van der Waals surface area contributed by atoms with Gasteiger partial charge < -0.3 is 19.9 Å². The molecule has 2 N–H and O–H groups in total. The Kier molecular flexibility index (Phi) is 6.93. The summed E-state index contributed by atoms with van der Waals surface area (Å²) in [5.41, 5.74) is 3.30. The van der Waals surface area contributed by atoms with Crippen molar-refractivity contribution in [3.05, 3.63) is 65.0 Å². The highest BCUT2D eigenvalue weighted by Crippen LogP contribution is 2.53. The van der Waals surface area contributed by atoms with Crippen molar-refractivity contribution in [1.29, 1.82) is 5.26 Å². The van der Waals surface area contributed by atoms with Crippen molar-refractivity contribution in [2.45, 2.75) is 63.8 Å². The number of rotatable bonds is 9. The Labute approximate surface area is 223 Å². The zero-order valence-corrected chi connectivity index (χ0v) is 22.5. The van der Waals surface area contributed by atoms with Crippen LogP contribution in [0.4, 0.5) is 5.69 Å². The number of anilines is 1. The number of carbonyl (C=O) groups excluding carboxylic acids is 1. The Bertz CT molecular complexity index is 1380. The van der Waals surface area contributed by atoms with Crippen molar-refractivity contribution in [3.8, 4) is 11.8 Å². The summed E-state index contributed by atoms with van der Waals surface area (Å²) in [4.78, 5) is 18.2. The lowest BCUT2D eigenvalue weighted by Gasteiger charge is -2.46. The van der Waals surface area contributed by atoms with E-state index in [2.05, 4.69) is 53.7 Å². The van der Waals surface area contributed by atoms with E-state index in [9.17, 15) is 10.1 Å². The number of aromatic nitrogens is 4. The van der Waals surface area contributed by atoms with Crippen molar-refractivity contribution >= 4 is 11.6 Å². The molecule has 198 valence electrons. The molecule has 1 fully saturated rings. The van der Waals surface area contributed by atoms with E-state index in [1.807, 2.05) is 35.9 Å². The summed E-state index contributed by atoms with van der Waals surface area (Å²) in [6, 6.07) is 12.1. The van der Waals surface area contributed by atoms with Crippen LogP contribution in [0.25, 0.3) is 0 Å². The molecule has 1 aromatic carbocycles. The summed E-state index contributed by atoms with van der Waals surface area (Å²) in [6.45, 7) is 8.35. The van der Waals surface area contributed by atoms with Crippen molar-refractivity contribution in [2.24, 2.45) is 13.0 Å². The maximum absolute atomic E-state index is 13.5. The number of benzene rings is 1. The van der Waals surface area contributed by atoms with Gasteiger partial charge in [-0.3, -0.25) is 4.79 Å². The summed E-state index contributed by atoms with van der Waals surface area (Å²) in [7, 11) is 1.94. The molecule has 3 aromatic rings. The monoisotopic (exact) mass is 513 g/mol. The summed E-state index contributed by atoms with van der Waals surface area (Å²) < 4.78 is 7.95. The smallest absolute Gasteiger partial charge is 0.274 e. The van der Waals surface area contributed by atoms with Gasteiger partial charge in [-0.15, -0.1) is 10.2 Å². The molecule has 0 unspecified atom stereocenters. The maximum Gasteiger partial charge on any atom is 0.274 e. The molecule has 9 nitrogen and oxygen atoms in total. The third-order valence-electron chi connectivity index (χ3n) is 7.71. The molecule has 0 spiro atoms. The largest absolute Gasteiger partial charge is 0.490 e. The fraction of sp³-hybridized carbons (Fsp3) is 0.483. The molecule has 1 aliphatic heterocycles. The Morgan fingerprint density at radius 2 is 2.11 bits per heavy atom. The van der Waals surface area contributed by atoms with Gasteiger partial charge in [0.1, 0.15) is 23.6 Å². The minimum atomic E-state index is -0.335. The summed E-state index contributed by atoms with van der Waals surface area (Å²) in [6.07, 6.45) is 4.89. The maximum atomic E-state index is 13.5. The lowest BCUT2D eigenvalue weighted by atomic mass is 9.57. The number of nitrogens with zero attached hydrogens (tertiary/aromatic N) is 5. The number of ether oxygens (including phenoxy) is 1. The first kappa shape index (κ1) is 25.9. The van der Waals surface area contributed by atoms with Crippen molar-refractivity contribution in [2.75, 3.05) is 18.5 Å². The minimum Gasteiger partial charge on any atom is -0.490 e. The molecule has 0 saturated heterocycles. The number of carbonyl (C=O) groups is 1. The molecule has 3 heterocycles. The number of pyridine rings is 1. The number of nitrogens with one attached hydrogen (secondary N) is 2. The number of fused-ring (bicyclic) bond motifs is 1. The molecule has 1 saturated carbocycles. The molecule has 1 aliphatic carbocycles. The predicted molar refractivity (Wildman–Crippen MR) is 144 cm³/mol. The normalized spacial score (nSPS) is 21.2. The highest BCUT2D eigenvalue weighted by atomic mass is 16.5. The lowest BCUT2D eigenvalue weighted by Crippen LogP contribution is -2.44. The second-order valence-corrected chi connectivity index (χ2v) is 11.2. The minimum absolute atomic E-state index is 0.256. The van der Waals surface area contributed by atoms with E-state index in [4.69, 9.17) is 9.72 Å². The summed E-state index contributed by atoms with van der Waals surface area (Å²) in [5.74, 6) is 1.73. The lowest BCUT2D eigenvalue weighted by molar-refractivity contribution is 0.102. The van der Waals surface area contributed by atoms with Crippen LogP contribution in [0.5, 0.6) is 5.75 Å². The SMILES string of the molecule is CCCNCc1cc(C(=O)Nc2cccc(C3(c4nncn4C)CC(CC#N)C3)c2)nc2c1OCC2(C)C. The van der Waals surface area contributed by atoms with Crippen molar-refractivity contribution < 1.29 is 9.53 Å². The van der Waals surface area contributed by atoms with Crippen LogP contribution in [0, 0.1) is 17.2 Å². The average molecular weight is 514 g/mol. The summed E-state index contributed by atoms with van der Waals surface area (Å²) in [5, 5.41) is 24.2. The zero-order valence-electron chi connectivity index (χ0n) is 22.5. The Hall–Kier alpha value is -3.77. The van der Waals surface area contributed by atoms with Gasteiger partial charge in [0.2, 0.25) is 0 Å².